The van der Waals surface area contributed by atoms with Gasteiger partial charge < -0.3 is 10.6 Å². The number of fused-ring (bicyclic) bond motifs is 1. The van der Waals surface area contributed by atoms with Gasteiger partial charge in [0.2, 0.25) is 11.8 Å². The van der Waals surface area contributed by atoms with E-state index < -0.39 is 17.6 Å². The van der Waals surface area contributed by atoms with Crippen molar-refractivity contribution in [3.05, 3.63) is 29.8 Å². The smallest absolute Gasteiger partial charge is 0.347 e. The normalized spacial score (nSPS) is 27.3. The molecule has 3 atom stereocenters. The highest BCUT2D eigenvalue weighted by Gasteiger charge is 2.59. The van der Waals surface area contributed by atoms with E-state index in [1.54, 1.807) is 0 Å². The predicted molar refractivity (Wildman–Crippen MR) is 105 cm³/mol. The van der Waals surface area contributed by atoms with Crippen molar-refractivity contribution in [3.63, 3.8) is 0 Å². The molecule has 2 saturated heterocycles. The van der Waals surface area contributed by atoms with Crippen LogP contribution in [0.4, 0.5) is 18.9 Å². The number of carbonyl (C=O) groups excluding carboxylic acids is 2. The van der Waals surface area contributed by atoms with E-state index in [1.165, 1.54) is 36.5 Å². The Bertz CT molecular complexity index is 770. The Morgan fingerprint density at radius 2 is 1.83 bits per heavy atom. The maximum absolute atomic E-state index is 12.7. The average Bonchev–Trinajstić information content (AvgIpc) is 3.20. The van der Waals surface area contributed by atoms with E-state index in [9.17, 15) is 22.8 Å². The van der Waals surface area contributed by atoms with Gasteiger partial charge in [0, 0.05) is 30.7 Å². The molecular weight excluding hydrogens is 403 g/mol. The Morgan fingerprint density at radius 1 is 1.14 bits per heavy atom. The molecule has 0 bridgehead atoms. The van der Waals surface area contributed by atoms with Crippen LogP contribution in [0.2, 0.25) is 0 Å². The number of halogens is 3. The van der Waals surface area contributed by atoms with Crippen LogP contribution in [0.1, 0.15) is 18.4 Å². The molecule has 1 aliphatic carbocycles. The van der Waals surface area contributed by atoms with Crippen LogP contribution in [0.3, 0.4) is 0 Å². The highest BCUT2D eigenvalue weighted by atomic mass is 32.2. The number of likely N-dealkylation sites (tertiary alicyclic amines) is 1. The fraction of sp³-hybridized carbons (Fsp3) is 0.600. The zero-order chi connectivity index (χ0) is 20.6. The number of thioether (sulfide) groups is 1. The van der Waals surface area contributed by atoms with Gasteiger partial charge in [-0.3, -0.25) is 14.5 Å². The highest BCUT2D eigenvalue weighted by Crippen LogP contribution is 2.52. The van der Waals surface area contributed by atoms with Gasteiger partial charge in [0.25, 0.3) is 0 Å². The lowest BCUT2D eigenvalue weighted by Crippen LogP contribution is -2.40. The summed E-state index contributed by atoms with van der Waals surface area (Å²) in [6, 6.07) is 5.09. The van der Waals surface area contributed by atoms with Gasteiger partial charge in [0.1, 0.15) is 0 Å². The van der Waals surface area contributed by atoms with Gasteiger partial charge in [-0.05, 0) is 54.4 Å². The first-order valence-electron chi connectivity index (χ1n) is 9.89. The highest BCUT2D eigenvalue weighted by molar-refractivity contribution is 7.99. The first-order chi connectivity index (χ1) is 13.8. The fourth-order valence-electron chi connectivity index (χ4n) is 4.56. The molecule has 2 amide bonds. The summed E-state index contributed by atoms with van der Waals surface area (Å²) in [4.78, 5) is 26.9. The van der Waals surface area contributed by atoms with Gasteiger partial charge in [0.05, 0.1) is 12.1 Å². The number of benzene rings is 1. The van der Waals surface area contributed by atoms with Gasteiger partial charge in [-0.25, -0.2) is 0 Å². The number of carbonyl (C=O) groups is 2. The summed E-state index contributed by atoms with van der Waals surface area (Å²) in [5, 5.41) is 5.04. The van der Waals surface area contributed by atoms with Crippen molar-refractivity contribution in [2.75, 3.05) is 36.5 Å². The van der Waals surface area contributed by atoms with Gasteiger partial charge in [0.15, 0.2) is 0 Å². The number of rotatable bonds is 5. The summed E-state index contributed by atoms with van der Waals surface area (Å²) < 4.78 is 38.2. The van der Waals surface area contributed by atoms with Crippen LogP contribution in [0.15, 0.2) is 24.3 Å². The molecule has 3 fully saturated rings. The summed E-state index contributed by atoms with van der Waals surface area (Å²) in [5.41, 5.74) is -0.769. The van der Waals surface area contributed by atoms with E-state index in [2.05, 4.69) is 15.5 Å². The molecular formula is C20H24F3N3O2S. The lowest BCUT2D eigenvalue weighted by molar-refractivity contribution is -0.137. The van der Waals surface area contributed by atoms with E-state index in [4.69, 9.17) is 0 Å². The van der Waals surface area contributed by atoms with Gasteiger partial charge in [-0.1, -0.05) is 6.07 Å². The molecule has 1 aromatic carbocycles. The zero-order valence-electron chi connectivity index (χ0n) is 15.9. The van der Waals surface area contributed by atoms with Crippen LogP contribution in [-0.2, 0) is 15.8 Å². The molecule has 0 unspecified atom stereocenters. The molecule has 2 aliphatic heterocycles. The Morgan fingerprint density at radius 3 is 2.48 bits per heavy atom. The SMILES string of the molecule is O=C(CNC(=O)[C@H]1[C@@H]2CN(C3CCSCC3)C[C@@H]21)Nc1cccc(C(F)(F)F)c1. The number of anilines is 1. The van der Waals surface area contributed by atoms with Crippen LogP contribution >= 0.6 is 11.8 Å². The van der Waals surface area contributed by atoms with Gasteiger partial charge in [-0.2, -0.15) is 24.9 Å². The van der Waals surface area contributed by atoms with Gasteiger partial charge in [-0.15, -0.1) is 0 Å². The largest absolute Gasteiger partial charge is 0.416 e. The Kier molecular flexibility index (Phi) is 5.79. The third-order valence-electron chi connectivity index (χ3n) is 6.13. The first kappa shape index (κ1) is 20.5. The lowest BCUT2D eigenvalue weighted by atomic mass is 10.1. The van der Waals surface area contributed by atoms with E-state index in [0.29, 0.717) is 17.9 Å². The van der Waals surface area contributed by atoms with Crippen LogP contribution < -0.4 is 10.6 Å². The topological polar surface area (TPSA) is 61.4 Å². The molecule has 158 valence electrons. The summed E-state index contributed by atoms with van der Waals surface area (Å²) in [5.74, 6) is 2.46. The van der Waals surface area contributed by atoms with Crippen molar-refractivity contribution < 1.29 is 22.8 Å². The van der Waals surface area contributed by atoms with Gasteiger partial charge >= 0.3 is 6.18 Å². The van der Waals surface area contributed by atoms with Crippen LogP contribution in [0.5, 0.6) is 0 Å². The summed E-state index contributed by atoms with van der Waals surface area (Å²) >= 11 is 2.00. The standard InChI is InChI=1S/C20H24F3N3O2S/c21-20(22,23)12-2-1-3-13(8-12)25-17(27)9-24-19(28)18-15-10-26(11-16(15)18)14-4-6-29-7-5-14/h1-3,8,14-16,18H,4-7,9-11H2,(H,24,28)(H,25,27)/t15-,16+,18+. The second-order valence-corrected chi connectivity index (χ2v) is 9.22. The monoisotopic (exact) mass is 427 g/mol. The summed E-state index contributed by atoms with van der Waals surface area (Å²) in [6.07, 6.45) is -2.03. The molecule has 2 heterocycles. The average molecular weight is 427 g/mol. The van der Waals surface area contributed by atoms with Crippen molar-refractivity contribution in [3.8, 4) is 0 Å². The molecule has 0 spiro atoms. The number of nitrogens with zero attached hydrogens (tertiary/aromatic N) is 1. The molecule has 5 nitrogen and oxygen atoms in total. The molecule has 4 rings (SSSR count). The molecule has 1 aromatic rings. The Balaban J connectivity index is 1.21. The predicted octanol–water partition coefficient (Wildman–Crippen LogP) is 2.83. The summed E-state index contributed by atoms with van der Waals surface area (Å²) in [6.45, 7) is 1.66. The fourth-order valence-corrected chi connectivity index (χ4v) is 5.64. The quantitative estimate of drug-likeness (QED) is 0.759. The van der Waals surface area contributed by atoms with Crippen molar-refractivity contribution >= 4 is 29.3 Å². The Hall–Kier alpha value is -1.74. The van der Waals surface area contributed by atoms with E-state index in [1.807, 2.05) is 11.8 Å². The summed E-state index contributed by atoms with van der Waals surface area (Å²) in [7, 11) is 0. The van der Waals surface area contributed by atoms with Crippen molar-refractivity contribution in [1.82, 2.24) is 10.2 Å². The lowest BCUT2D eigenvalue weighted by Gasteiger charge is -2.32. The zero-order valence-corrected chi connectivity index (χ0v) is 16.7. The number of piperidine rings is 1. The molecule has 9 heteroatoms. The van der Waals surface area contributed by atoms with Crippen LogP contribution in [0.25, 0.3) is 0 Å². The number of alkyl halides is 3. The van der Waals surface area contributed by atoms with E-state index in [-0.39, 0.29) is 24.1 Å². The van der Waals surface area contributed by atoms with Crippen LogP contribution in [-0.4, -0.2) is 53.9 Å². The van der Waals surface area contributed by atoms with E-state index >= 15 is 0 Å². The maximum Gasteiger partial charge on any atom is 0.416 e. The third-order valence-corrected chi connectivity index (χ3v) is 7.18. The number of hydrogen-bond acceptors (Lipinski definition) is 4. The van der Waals surface area contributed by atoms with Crippen LogP contribution in [0, 0.1) is 17.8 Å². The number of nitrogens with one attached hydrogen (secondary N) is 2. The van der Waals surface area contributed by atoms with Crippen molar-refractivity contribution in [2.24, 2.45) is 17.8 Å². The number of hydrogen-bond donors (Lipinski definition) is 2. The minimum Gasteiger partial charge on any atom is -0.347 e. The minimum atomic E-state index is -4.47. The first-order valence-corrected chi connectivity index (χ1v) is 11.0. The third kappa shape index (κ3) is 4.71. The minimum absolute atomic E-state index is 0.0365. The Labute approximate surface area is 171 Å². The second-order valence-electron chi connectivity index (χ2n) is 8.00. The second kappa shape index (κ2) is 8.18. The molecule has 2 N–H and O–H groups in total. The van der Waals surface area contributed by atoms with E-state index in [0.717, 1.165) is 25.2 Å². The van der Waals surface area contributed by atoms with Crippen molar-refractivity contribution in [1.29, 1.82) is 0 Å². The molecule has 29 heavy (non-hydrogen) atoms. The maximum atomic E-state index is 12.7. The molecule has 1 saturated carbocycles. The molecule has 0 aromatic heterocycles. The molecule has 3 aliphatic rings. The number of amides is 2. The molecule has 0 radical (unpaired) electrons. The van der Waals surface area contributed by atoms with Crippen molar-refractivity contribution in [2.45, 2.75) is 25.1 Å².